The van der Waals surface area contributed by atoms with E-state index in [0.717, 1.165) is 29.7 Å². The third-order valence-corrected chi connectivity index (χ3v) is 6.94. The summed E-state index contributed by atoms with van der Waals surface area (Å²) in [6.45, 7) is 6.44. The maximum Gasteiger partial charge on any atom is 0.262 e. The molecule has 1 atom stereocenters. The maximum atomic E-state index is 12.4. The number of carbonyl (C=O) groups excluding carboxylic acids is 2. The first-order valence-electron chi connectivity index (χ1n) is 9.38. The Morgan fingerprint density at radius 2 is 2.03 bits per heavy atom. The van der Waals surface area contributed by atoms with Crippen molar-refractivity contribution in [1.29, 1.82) is 0 Å². The van der Waals surface area contributed by atoms with Gasteiger partial charge in [0, 0.05) is 9.90 Å². The lowest BCUT2D eigenvalue weighted by molar-refractivity contribution is -0.118. The zero-order chi connectivity index (χ0) is 21.3. The van der Waals surface area contributed by atoms with Crippen molar-refractivity contribution in [2.75, 3.05) is 11.9 Å². The predicted molar refractivity (Wildman–Crippen MR) is 118 cm³/mol. The molecule has 0 unspecified atom stereocenters. The first-order chi connectivity index (χ1) is 13.6. The molecule has 0 radical (unpaired) electrons. The van der Waals surface area contributed by atoms with Crippen molar-refractivity contribution >= 4 is 51.4 Å². The molecule has 8 heteroatoms. The summed E-state index contributed by atoms with van der Waals surface area (Å²) < 4.78 is 5.48. The van der Waals surface area contributed by atoms with Gasteiger partial charge in [0.1, 0.15) is 10.8 Å². The number of fused-ring (bicyclic) bond motifs is 1. The highest BCUT2D eigenvalue weighted by atomic mass is 35.5. The van der Waals surface area contributed by atoms with E-state index in [1.54, 1.807) is 18.2 Å². The van der Waals surface area contributed by atoms with Crippen molar-refractivity contribution in [3.8, 4) is 5.75 Å². The van der Waals surface area contributed by atoms with Gasteiger partial charge in [-0.05, 0) is 54.4 Å². The van der Waals surface area contributed by atoms with Crippen LogP contribution >= 0.6 is 34.5 Å². The Kier molecular flexibility index (Phi) is 6.46. The van der Waals surface area contributed by atoms with Gasteiger partial charge in [-0.15, -0.1) is 11.3 Å². The zero-order valence-electron chi connectivity index (χ0n) is 16.6. The van der Waals surface area contributed by atoms with Crippen LogP contribution in [0.25, 0.3) is 0 Å². The van der Waals surface area contributed by atoms with Gasteiger partial charge in [0.15, 0.2) is 6.61 Å². The molecule has 5 nitrogen and oxygen atoms in total. The number of carbonyl (C=O) groups is 2. The lowest BCUT2D eigenvalue weighted by Gasteiger charge is -2.33. The number of anilines is 1. The van der Waals surface area contributed by atoms with Gasteiger partial charge in [0.05, 0.1) is 10.6 Å². The zero-order valence-corrected chi connectivity index (χ0v) is 18.9. The maximum absolute atomic E-state index is 12.4. The minimum Gasteiger partial charge on any atom is -0.482 e. The highest BCUT2D eigenvalue weighted by Gasteiger charge is 2.33. The summed E-state index contributed by atoms with van der Waals surface area (Å²) >= 11 is 13.4. The monoisotopic (exact) mass is 454 g/mol. The Morgan fingerprint density at radius 1 is 1.31 bits per heavy atom. The first-order valence-corrected chi connectivity index (χ1v) is 11.0. The molecule has 2 amide bonds. The Bertz CT molecular complexity index is 950. The van der Waals surface area contributed by atoms with Gasteiger partial charge in [-0.1, -0.05) is 44.0 Å². The highest BCUT2D eigenvalue weighted by molar-refractivity contribution is 7.17. The molecule has 1 aromatic carbocycles. The molecule has 1 aliphatic rings. The topological polar surface area (TPSA) is 81.4 Å². The van der Waals surface area contributed by atoms with Crippen molar-refractivity contribution in [2.45, 2.75) is 40.0 Å². The number of nitrogens with two attached hydrogens (primary N) is 1. The highest BCUT2D eigenvalue weighted by Crippen LogP contribution is 2.44. The van der Waals surface area contributed by atoms with Crippen molar-refractivity contribution in [3.05, 3.63) is 44.2 Å². The van der Waals surface area contributed by atoms with E-state index in [-0.39, 0.29) is 17.9 Å². The van der Waals surface area contributed by atoms with Crippen LogP contribution in [0.1, 0.15) is 48.0 Å². The van der Waals surface area contributed by atoms with Crippen LogP contribution in [0.5, 0.6) is 5.75 Å². The lowest BCUT2D eigenvalue weighted by Crippen LogP contribution is -2.27. The fourth-order valence-electron chi connectivity index (χ4n) is 3.57. The predicted octanol–water partition coefficient (Wildman–Crippen LogP) is 5.32. The van der Waals surface area contributed by atoms with Crippen LogP contribution in [0.15, 0.2) is 18.2 Å². The molecule has 29 heavy (non-hydrogen) atoms. The van der Waals surface area contributed by atoms with E-state index in [2.05, 4.69) is 26.1 Å². The quantitative estimate of drug-likeness (QED) is 0.640. The second-order valence-electron chi connectivity index (χ2n) is 8.29. The second kappa shape index (κ2) is 8.54. The fraction of sp³-hybridized carbons (Fsp3) is 0.429. The molecule has 3 N–H and O–H groups in total. The molecule has 1 aliphatic carbocycles. The van der Waals surface area contributed by atoms with Gasteiger partial charge in [-0.3, -0.25) is 9.59 Å². The van der Waals surface area contributed by atoms with E-state index in [1.165, 1.54) is 11.3 Å². The summed E-state index contributed by atoms with van der Waals surface area (Å²) in [5.74, 6) is -0.0219. The number of ether oxygens (including phenoxy) is 1. The molecule has 156 valence electrons. The molecule has 0 saturated heterocycles. The fourth-order valence-corrected chi connectivity index (χ4v) is 5.38. The molecule has 0 spiro atoms. The van der Waals surface area contributed by atoms with Crippen LogP contribution in [0.3, 0.4) is 0 Å². The molecule has 0 bridgehead atoms. The van der Waals surface area contributed by atoms with Crippen LogP contribution in [0.4, 0.5) is 5.00 Å². The number of primary amides is 1. The summed E-state index contributed by atoms with van der Waals surface area (Å²) in [5, 5.41) is 4.09. The summed E-state index contributed by atoms with van der Waals surface area (Å²) in [6.07, 6.45) is 2.68. The summed E-state index contributed by atoms with van der Waals surface area (Å²) in [5.41, 5.74) is 7.22. The average Bonchev–Trinajstić information content (AvgIpc) is 2.97. The smallest absolute Gasteiger partial charge is 0.262 e. The summed E-state index contributed by atoms with van der Waals surface area (Å²) in [4.78, 5) is 25.6. The van der Waals surface area contributed by atoms with E-state index < -0.39 is 5.91 Å². The number of benzene rings is 1. The largest absolute Gasteiger partial charge is 0.482 e. The lowest BCUT2D eigenvalue weighted by atomic mass is 9.72. The molecule has 3 rings (SSSR count). The van der Waals surface area contributed by atoms with E-state index in [0.29, 0.717) is 32.3 Å². The summed E-state index contributed by atoms with van der Waals surface area (Å²) in [7, 11) is 0. The van der Waals surface area contributed by atoms with Crippen molar-refractivity contribution in [2.24, 2.45) is 17.1 Å². The number of hydrogen-bond donors (Lipinski definition) is 2. The average molecular weight is 455 g/mol. The van der Waals surface area contributed by atoms with Gasteiger partial charge in [-0.2, -0.15) is 0 Å². The Labute approximate surface area is 184 Å². The standard InChI is InChI=1S/C21H24Cl2N2O3S/c1-21(2,3)11-4-6-13-16(8-11)29-20(18(13)19(24)27)25-17(26)10-28-15-7-5-12(22)9-14(15)23/h5,7,9,11H,4,6,8,10H2,1-3H3,(H2,24,27)(H,25,26)/t11-/m1/s1. The molecule has 1 heterocycles. The summed E-state index contributed by atoms with van der Waals surface area (Å²) in [6, 6.07) is 4.77. The Balaban J connectivity index is 1.74. The molecule has 2 aromatic rings. The normalized spacial score (nSPS) is 16.2. The number of amides is 2. The minimum atomic E-state index is -0.520. The molecular formula is C21H24Cl2N2O3S. The van der Waals surface area contributed by atoms with E-state index >= 15 is 0 Å². The third-order valence-electron chi connectivity index (χ3n) is 5.24. The van der Waals surface area contributed by atoms with E-state index in [1.807, 2.05) is 0 Å². The van der Waals surface area contributed by atoms with E-state index in [9.17, 15) is 9.59 Å². The van der Waals surface area contributed by atoms with Crippen LogP contribution in [0, 0.1) is 11.3 Å². The number of thiophene rings is 1. The van der Waals surface area contributed by atoms with Gasteiger partial charge >= 0.3 is 0 Å². The number of rotatable bonds is 5. The van der Waals surface area contributed by atoms with Gasteiger partial charge in [-0.25, -0.2) is 0 Å². The minimum absolute atomic E-state index is 0.184. The van der Waals surface area contributed by atoms with Crippen LogP contribution < -0.4 is 15.8 Å². The number of nitrogens with one attached hydrogen (secondary N) is 1. The van der Waals surface area contributed by atoms with Gasteiger partial charge < -0.3 is 15.8 Å². The molecule has 0 saturated carbocycles. The van der Waals surface area contributed by atoms with Gasteiger partial charge in [0.2, 0.25) is 0 Å². The van der Waals surface area contributed by atoms with E-state index in [4.69, 9.17) is 33.7 Å². The SMILES string of the molecule is CC(C)(C)[C@@H]1CCc2c(sc(NC(=O)COc3ccc(Cl)cc3Cl)c2C(N)=O)C1. The van der Waals surface area contributed by atoms with Gasteiger partial charge in [0.25, 0.3) is 11.8 Å². The van der Waals surface area contributed by atoms with Crippen molar-refractivity contribution in [1.82, 2.24) is 0 Å². The molecule has 1 aromatic heterocycles. The van der Waals surface area contributed by atoms with Crippen molar-refractivity contribution in [3.63, 3.8) is 0 Å². The number of halogens is 2. The van der Waals surface area contributed by atoms with Crippen LogP contribution in [0.2, 0.25) is 10.0 Å². The molecule has 0 aliphatic heterocycles. The number of hydrogen-bond acceptors (Lipinski definition) is 4. The third kappa shape index (κ3) is 5.05. The van der Waals surface area contributed by atoms with Crippen molar-refractivity contribution < 1.29 is 14.3 Å². The Hall–Kier alpha value is -1.76. The second-order valence-corrected chi connectivity index (χ2v) is 10.2. The molecular weight excluding hydrogens is 431 g/mol. The van der Waals surface area contributed by atoms with Crippen LogP contribution in [-0.4, -0.2) is 18.4 Å². The van der Waals surface area contributed by atoms with Crippen LogP contribution in [-0.2, 0) is 17.6 Å². The molecule has 0 fully saturated rings. The Morgan fingerprint density at radius 3 is 2.66 bits per heavy atom. The first kappa shape index (κ1) is 21.9.